The van der Waals surface area contributed by atoms with Gasteiger partial charge in [-0.2, -0.15) is 0 Å². The van der Waals surface area contributed by atoms with Crippen molar-refractivity contribution in [3.63, 3.8) is 0 Å². The van der Waals surface area contributed by atoms with E-state index in [0.717, 1.165) is 26.2 Å². The van der Waals surface area contributed by atoms with Gasteiger partial charge in [0.2, 0.25) is 11.9 Å². The molecule has 2 aromatic rings. The predicted octanol–water partition coefficient (Wildman–Crippen LogP) is 3.04. The summed E-state index contributed by atoms with van der Waals surface area (Å²) in [6.45, 7) is 3.86. The van der Waals surface area contributed by atoms with E-state index in [1.165, 1.54) is 0 Å². The Morgan fingerprint density at radius 3 is 2.59 bits per heavy atom. The molecule has 0 spiro atoms. The van der Waals surface area contributed by atoms with E-state index in [1.54, 1.807) is 11.9 Å². The monoisotopic (exact) mass is 408 g/mol. The zero-order valence-corrected chi connectivity index (χ0v) is 15.1. The molecular weight excluding hydrogens is 391 g/mol. The molecule has 1 amide bonds. The van der Waals surface area contributed by atoms with E-state index < -0.39 is 5.41 Å². The largest absolute Gasteiger partial charge is 0.357 e. The second kappa shape index (κ2) is 5.19. The number of hydrogen-bond donors (Lipinski definition) is 1. The summed E-state index contributed by atoms with van der Waals surface area (Å²) in [5.74, 6) is 0.600. The number of fused-ring (bicyclic) bond motifs is 3. The number of carbonyl (C=O) groups is 1. The Kier molecular flexibility index (Phi) is 3.58. The highest BCUT2D eigenvalue weighted by Crippen LogP contribution is 2.43. The average molecular weight is 408 g/mol. The third-order valence-electron chi connectivity index (χ3n) is 4.07. The average Bonchev–Trinajstić information content (AvgIpc) is 2.57. The van der Waals surface area contributed by atoms with Gasteiger partial charge in [0.1, 0.15) is 3.70 Å². The van der Waals surface area contributed by atoms with E-state index in [0.29, 0.717) is 5.95 Å². The van der Waals surface area contributed by atoms with Crippen LogP contribution in [0.5, 0.6) is 0 Å². The maximum Gasteiger partial charge on any atom is 0.237 e. The number of nitrogens with one attached hydrogen (secondary N) is 1. The highest BCUT2D eigenvalue weighted by molar-refractivity contribution is 14.1. The maximum absolute atomic E-state index is 13.0. The number of aromatic nitrogens is 2. The van der Waals surface area contributed by atoms with Crippen molar-refractivity contribution < 1.29 is 4.79 Å². The first-order chi connectivity index (χ1) is 10.4. The van der Waals surface area contributed by atoms with Crippen LogP contribution >= 0.6 is 22.6 Å². The van der Waals surface area contributed by atoms with Gasteiger partial charge >= 0.3 is 0 Å². The minimum Gasteiger partial charge on any atom is -0.357 e. The number of hydrogen-bond acceptors (Lipinski definition) is 4. The molecule has 1 aromatic carbocycles. The van der Waals surface area contributed by atoms with Crippen LogP contribution in [0.1, 0.15) is 19.4 Å². The van der Waals surface area contributed by atoms with Crippen molar-refractivity contribution in [3.8, 4) is 11.3 Å². The number of halogens is 1. The van der Waals surface area contributed by atoms with Gasteiger partial charge in [0.25, 0.3) is 0 Å². The molecule has 5 nitrogen and oxygen atoms in total. The molecular formula is C16H17IN4O. The standard InChI is InChI=1S/C16H17IN4O/c1-16(2)11-12(19-15(18-3)20-13(11)17)9-7-5-6-8-10(9)21(4)14(16)22/h5-8H,1-4H3,(H,18,19,20). The van der Waals surface area contributed by atoms with Crippen LogP contribution in [0.4, 0.5) is 11.6 Å². The number of para-hydroxylation sites is 1. The molecule has 2 heterocycles. The van der Waals surface area contributed by atoms with Gasteiger partial charge < -0.3 is 10.2 Å². The Balaban J connectivity index is 2.45. The van der Waals surface area contributed by atoms with Crippen molar-refractivity contribution >= 4 is 40.1 Å². The second-order valence-electron chi connectivity index (χ2n) is 5.82. The van der Waals surface area contributed by atoms with Gasteiger partial charge in [0.05, 0.1) is 16.8 Å². The van der Waals surface area contributed by atoms with E-state index in [9.17, 15) is 4.79 Å². The fourth-order valence-corrected chi connectivity index (χ4v) is 4.05. The van der Waals surface area contributed by atoms with Crippen LogP contribution in [0.15, 0.2) is 24.3 Å². The summed E-state index contributed by atoms with van der Waals surface area (Å²) < 4.78 is 0.801. The van der Waals surface area contributed by atoms with E-state index in [1.807, 2.05) is 45.2 Å². The molecule has 0 fully saturated rings. The highest BCUT2D eigenvalue weighted by atomic mass is 127. The summed E-state index contributed by atoms with van der Waals surface area (Å²) in [7, 11) is 3.61. The van der Waals surface area contributed by atoms with Crippen molar-refractivity contribution in [1.82, 2.24) is 9.97 Å². The number of benzene rings is 1. The first kappa shape index (κ1) is 15.2. The quantitative estimate of drug-likeness (QED) is 0.582. The molecule has 0 radical (unpaired) electrons. The van der Waals surface area contributed by atoms with Crippen molar-refractivity contribution in [3.05, 3.63) is 33.5 Å². The predicted molar refractivity (Wildman–Crippen MR) is 96.2 cm³/mol. The molecule has 0 aliphatic carbocycles. The van der Waals surface area contributed by atoms with Gasteiger partial charge in [0.15, 0.2) is 0 Å². The summed E-state index contributed by atoms with van der Waals surface area (Å²) in [4.78, 5) is 23.8. The van der Waals surface area contributed by atoms with Gasteiger partial charge in [-0.05, 0) is 42.5 Å². The van der Waals surface area contributed by atoms with Crippen molar-refractivity contribution in [2.24, 2.45) is 0 Å². The van der Waals surface area contributed by atoms with Gasteiger partial charge in [-0.15, -0.1) is 0 Å². The molecule has 1 aliphatic rings. The van der Waals surface area contributed by atoms with Gasteiger partial charge in [-0.1, -0.05) is 18.2 Å². The van der Waals surface area contributed by atoms with Crippen molar-refractivity contribution in [2.75, 3.05) is 24.3 Å². The van der Waals surface area contributed by atoms with Crippen LogP contribution in [0.25, 0.3) is 11.3 Å². The SMILES string of the molecule is CNc1nc(I)c2c(n1)-c1ccccc1N(C)C(=O)C2(C)C. The lowest BCUT2D eigenvalue weighted by molar-refractivity contribution is -0.122. The van der Waals surface area contributed by atoms with Crippen LogP contribution in [-0.2, 0) is 10.2 Å². The summed E-state index contributed by atoms with van der Waals surface area (Å²) >= 11 is 2.19. The van der Waals surface area contributed by atoms with Crippen molar-refractivity contribution in [2.45, 2.75) is 19.3 Å². The second-order valence-corrected chi connectivity index (χ2v) is 6.84. The first-order valence-corrected chi connectivity index (χ1v) is 8.09. The smallest absolute Gasteiger partial charge is 0.237 e. The fourth-order valence-electron chi connectivity index (χ4n) is 2.90. The third-order valence-corrected chi connectivity index (χ3v) is 4.85. The molecule has 22 heavy (non-hydrogen) atoms. The Morgan fingerprint density at radius 1 is 1.23 bits per heavy atom. The molecule has 1 N–H and O–H groups in total. The topological polar surface area (TPSA) is 58.1 Å². The number of nitrogens with zero attached hydrogens (tertiary/aromatic N) is 3. The summed E-state index contributed by atoms with van der Waals surface area (Å²) in [6.07, 6.45) is 0. The molecule has 0 saturated carbocycles. The highest BCUT2D eigenvalue weighted by Gasteiger charge is 2.41. The van der Waals surface area contributed by atoms with Crippen LogP contribution in [0.3, 0.4) is 0 Å². The van der Waals surface area contributed by atoms with Gasteiger partial charge in [-0.25, -0.2) is 9.97 Å². The summed E-state index contributed by atoms with van der Waals surface area (Å²) in [5.41, 5.74) is 2.84. The lowest BCUT2D eigenvalue weighted by atomic mass is 9.83. The Morgan fingerprint density at radius 2 is 1.91 bits per heavy atom. The minimum absolute atomic E-state index is 0.0393. The van der Waals surface area contributed by atoms with E-state index in [4.69, 9.17) is 0 Å². The molecule has 0 bridgehead atoms. The Labute approximate surface area is 143 Å². The number of rotatable bonds is 1. The lowest BCUT2D eigenvalue weighted by Gasteiger charge is -2.28. The molecule has 0 atom stereocenters. The van der Waals surface area contributed by atoms with E-state index >= 15 is 0 Å². The summed E-state index contributed by atoms with van der Waals surface area (Å²) in [5, 5.41) is 2.99. The van der Waals surface area contributed by atoms with E-state index in [-0.39, 0.29) is 5.91 Å². The Hall–Kier alpha value is -1.70. The van der Waals surface area contributed by atoms with Crippen molar-refractivity contribution in [1.29, 1.82) is 0 Å². The molecule has 3 rings (SSSR count). The number of likely N-dealkylation sites (N-methyl/N-ethyl adjacent to an activating group) is 1. The minimum atomic E-state index is -0.689. The van der Waals surface area contributed by atoms with Crippen LogP contribution in [-0.4, -0.2) is 30.0 Å². The first-order valence-electron chi connectivity index (χ1n) is 7.01. The zero-order valence-electron chi connectivity index (χ0n) is 12.9. The zero-order chi connectivity index (χ0) is 16.1. The van der Waals surface area contributed by atoms with Crippen LogP contribution < -0.4 is 10.2 Å². The lowest BCUT2D eigenvalue weighted by Crippen LogP contribution is -2.41. The van der Waals surface area contributed by atoms with Gasteiger partial charge in [0, 0.05) is 25.2 Å². The molecule has 114 valence electrons. The number of amides is 1. The normalized spacial score (nSPS) is 15.9. The fraction of sp³-hybridized carbons (Fsp3) is 0.312. The third kappa shape index (κ3) is 2.08. The number of anilines is 2. The molecule has 0 unspecified atom stereocenters. The molecule has 0 saturated heterocycles. The van der Waals surface area contributed by atoms with Crippen LogP contribution in [0, 0.1) is 3.70 Å². The Bertz CT molecular complexity index is 773. The summed E-state index contributed by atoms with van der Waals surface area (Å²) in [6, 6.07) is 7.85. The maximum atomic E-state index is 13.0. The van der Waals surface area contributed by atoms with Crippen LogP contribution in [0.2, 0.25) is 0 Å². The molecule has 1 aliphatic heterocycles. The molecule has 6 heteroatoms. The molecule has 1 aromatic heterocycles. The van der Waals surface area contributed by atoms with Gasteiger partial charge in [-0.3, -0.25) is 4.79 Å². The number of carbonyl (C=O) groups excluding carboxylic acids is 1. The van der Waals surface area contributed by atoms with E-state index in [2.05, 4.69) is 37.9 Å².